The molecule has 0 radical (unpaired) electrons. The summed E-state index contributed by atoms with van der Waals surface area (Å²) in [6, 6.07) is 17.6. The summed E-state index contributed by atoms with van der Waals surface area (Å²) in [7, 11) is 0. The summed E-state index contributed by atoms with van der Waals surface area (Å²) in [5, 5.41) is 4.30. The standard InChI is InChI=1S/C21H16FN3O2S/c22-16-8-3-1-6-14(16)12-23-19(26)13-28-21-15-7-2-4-9-17(15)24-20(25-21)18-10-5-11-27-18/h1-11H,12-13H2,(H,23,26). The molecule has 0 aliphatic heterocycles. The van der Waals surface area contributed by atoms with Gasteiger partial charge in [0.15, 0.2) is 11.6 Å². The smallest absolute Gasteiger partial charge is 0.230 e. The molecule has 140 valence electrons. The van der Waals surface area contributed by atoms with Crippen LogP contribution in [0, 0.1) is 5.82 Å². The van der Waals surface area contributed by atoms with Gasteiger partial charge in [0.1, 0.15) is 10.8 Å². The number of nitrogens with one attached hydrogen (secondary N) is 1. The number of para-hydroxylation sites is 1. The SMILES string of the molecule is O=C(CSc1nc(-c2ccco2)nc2ccccc12)NCc1ccccc1F. The maximum atomic E-state index is 13.7. The van der Waals surface area contributed by atoms with Crippen LogP contribution in [0.4, 0.5) is 4.39 Å². The van der Waals surface area contributed by atoms with Crippen LogP contribution in [0.25, 0.3) is 22.5 Å². The fourth-order valence-electron chi connectivity index (χ4n) is 2.69. The number of amides is 1. The first kappa shape index (κ1) is 18.2. The van der Waals surface area contributed by atoms with Crippen molar-refractivity contribution in [2.75, 3.05) is 5.75 Å². The largest absolute Gasteiger partial charge is 0.461 e. The lowest BCUT2D eigenvalue weighted by Crippen LogP contribution is -2.25. The highest BCUT2D eigenvalue weighted by molar-refractivity contribution is 8.00. The van der Waals surface area contributed by atoms with Gasteiger partial charge >= 0.3 is 0 Å². The zero-order valence-corrected chi connectivity index (χ0v) is 15.6. The van der Waals surface area contributed by atoms with Gasteiger partial charge < -0.3 is 9.73 Å². The predicted molar refractivity (Wildman–Crippen MR) is 106 cm³/mol. The van der Waals surface area contributed by atoms with E-state index < -0.39 is 0 Å². The molecule has 1 amide bonds. The van der Waals surface area contributed by atoms with Gasteiger partial charge in [-0.25, -0.2) is 14.4 Å². The summed E-state index contributed by atoms with van der Waals surface area (Å²) in [4.78, 5) is 21.3. The number of thioether (sulfide) groups is 1. The first-order chi connectivity index (χ1) is 13.7. The number of furan rings is 1. The minimum Gasteiger partial charge on any atom is -0.461 e. The lowest BCUT2D eigenvalue weighted by molar-refractivity contribution is -0.118. The topological polar surface area (TPSA) is 68.0 Å². The summed E-state index contributed by atoms with van der Waals surface area (Å²) < 4.78 is 19.1. The Hall–Kier alpha value is -3.19. The number of fused-ring (bicyclic) bond motifs is 1. The highest BCUT2D eigenvalue weighted by atomic mass is 32.2. The van der Waals surface area contributed by atoms with Crippen LogP contribution in [0.2, 0.25) is 0 Å². The van der Waals surface area contributed by atoms with Crippen LogP contribution in [-0.2, 0) is 11.3 Å². The van der Waals surface area contributed by atoms with Crippen molar-refractivity contribution in [3.63, 3.8) is 0 Å². The molecule has 0 aliphatic rings. The molecule has 0 atom stereocenters. The van der Waals surface area contributed by atoms with Gasteiger partial charge in [-0.1, -0.05) is 48.2 Å². The molecule has 1 N–H and O–H groups in total. The molecule has 4 rings (SSSR count). The summed E-state index contributed by atoms with van der Waals surface area (Å²) >= 11 is 1.31. The number of benzene rings is 2. The third-order valence-electron chi connectivity index (χ3n) is 4.08. The van der Waals surface area contributed by atoms with E-state index in [4.69, 9.17) is 4.42 Å². The maximum Gasteiger partial charge on any atom is 0.230 e. The third kappa shape index (κ3) is 4.04. The van der Waals surface area contributed by atoms with Gasteiger partial charge in [0.05, 0.1) is 17.5 Å². The Bertz CT molecular complexity index is 1120. The highest BCUT2D eigenvalue weighted by Gasteiger charge is 2.13. The van der Waals surface area contributed by atoms with Gasteiger partial charge in [-0.3, -0.25) is 4.79 Å². The van der Waals surface area contributed by atoms with Crippen molar-refractivity contribution in [3.05, 3.63) is 78.3 Å². The highest BCUT2D eigenvalue weighted by Crippen LogP contribution is 2.28. The molecule has 2 aromatic carbocycles. The van der Waals surface area contributed by atoms with Crippen LogP contribution in [0.3, 0.4) is 0 Å². The van der Waals surface area contributed by atoms with Crippen molar-refractivity contribution in [3.8, 4) is 11.6 Å². The molecule has 0 unspecified atom stereocenters. The molecule has 2 aromatic heterocycles. The molecule has 7 heteroatoms. The fraction of sp³-hybridized carbons (Fsp3) is 0.0952. The summed E-state index contributed by atoms with van der Waals surface area (Å²) in [6.07, 6.45) is 1.57. The number of halogens is 1. The molecular formula is C21H16FN3O2S. The molecule has 2 heterocycles. The summed E-state index contributed by atoms with van der Waals surface area (Å²) in [5.74, 6) is 0.665. The number of rotatable bonds is 6. The zero-order chi connectivity index (χ0) is 19.3. The van der Waals surface area contributed by atoms with Gasteiger partial charge in [0.2, 0.25) is 5.91 Å². The van der Waals surface area contributed by atoms with E-state index in [0.717, 1.165) is 10.9 Å². The minimum absolute atomic E-state index is 0.147. The third-order valence-corrected chi connectivity index (χ3v) is 5.07. The lowest BCUT2D eigenvalue weighted by atomic mass is 10.2. The molecule has 0 saturated carbocycles. The Kier molecular flexibility index (Phi) is 5.34. The Morgan fingerprint density at radius 1 is 1.04 bits per heavy atom. The van der Waals surface area contributed by atoms with E-state index in [9.17, 15) is 9.18 Å². The van der Waals surface area contributed by atoms with E-state index in [2.05, 4.69) is 15.3 Å². The number of aromatic nitrogens is 2. The van der Waals surface area contributed by atoms with Crippen LogP contribution in [-0.4, -0.2) is 21.6 Å². The van der Waals surface area contributed by atoms with Crippen LogP contribution in [0.1, 0.15) is 5.56 Å². The Balaban J connectivity index is 1.49. The number of hydrogen-bond donors (Lipinski definition) is 1. The Morgan fingerprint density at radius 3 is 2.68 bits per heavy atom. The Labute approximate surface area is 165 Å². The fourth-order valence-corrected chi connectivity index (χ4v) is 3.54. The zero-order valence-electron chi connectivity index (χ0n) is 14.8. The van der Waals surface area contributed by atoms with Crippen LogP contribution in [0.15, 0.2) is 76.4 Å². The van der Waals surface area contributed by atoms with Gasteiger partial charge in [0, 0.05) is 17.5 Å². The Morgan fingerprint density at radius 2 is 1.86 bits per heavy atom. The number of hydrogen-bond acceptors (Lipinski definition) is 5. The molecular weight excluding hydrogens is 377 g/mol. The van der Waals surface area contributed by atoms with Crippen molar-refractivity contribution in [1.82, 2.24) is 15.3 Å². The van der Waals surface area contributed by atoms with Crippen molar-refractivity contribution >= 4 is 28.6 Å². The van der Waals surface area contributed by atoms with Crippen molar-refractivity contribution in [2.24, 2.45) is 0 Å². The average molecular weight is 393 g/mol. The van der Waals surface area contributed by atoms with Crippen LogP contribution in [0.5, 0.6) is 0 Å². The van der Waals surface area contributed by atoms with Gasteiger partial charge in [-0.15, -0.1) is 0 Å². The molecule has 0 bridgehead atoms. The molecule has 0 spiro atoms. The first-order valence-electron chi connectivity index (χ1n) is 8.64. The van der Waals surface area contributed by atoms with E-state index in [1.807, 2.05) is 24.3 Å². The summed E-state index contributed by atoms with van der Waals surface area (Å²) in [6.45, 7) is 0.147. The van der Waals surface area contributed by atoms with E-state index in [-0.39, 0.29) is 24.0 Å². The predicted octanol–water partition coefficient (Wildman–Crippen LogP) is 4.44. The average Bonchev–Trinajstić information content (AvgIpc) is 3.26. The van der Waals surface area contributed by atoms with E-state index >= 15 is 0 Å². The van der Waals surface area contributed by atoms with Crippen molar-refractivity contribution in [1.29, 1.82) is 0 Å². The molecule has 0 fully saturated rings. The molecule has 0 saturated heterocycles. The van der Waals surface area contributed by atoms with Gasteiger partial charge in [0.25, 0.3) is 0 Å². The molecule has 0 aliphatic carbocycles. The van der Waals surface area contributed by atoms with E-state index in [1.165, 1.54) is 17.8 Å². The number of nitrogens with zero attached hydrogens (tertiary/aromatic N) is 2. The maximum absolute atomic E-state index is 13.7. The monoisotopic (exact) mass is 393 g/mol. The van der Waals surface area contributed by atoms with Crippen molar-refractivity contribution in [2.45, 2.75) is 11.6 Å². The molecule has 28 heavy (non-hydrogen) atoms. The second kappa shape index (κ2) is 8.22. The molecule has 5 nitrogen and oxygen atoms in total. The normalized spacial score (nSPS) is 10.9. The second-order valence-corrected chi connectivity index (χ2v) is 6.97. The van der Waals surface area contributed by atoms with E-state index in [1.54, 1.807) is 36.6 Å². The van der Waals surface area contributed by atoms with Crippen LogP contribution < -0.4 is 5.32 Å². The second-order valence-electron chi connectivity index (χ2n) is 6.00. The quantitative estimate of drug-likeness (QED) is 0.388. The molecule has 4 aromatic rings. The van der Waals surface area contributed by atoms with Gasteiger partial charge in [-0.2, -0.15) is 0 Å². The van der Waals surface area contributed by atoms with Crippen molar-refractivity contribution < 1.29 is 13.6 Å². The van der Waals surface area contributed by atoms with Gasteiger partial charge in [-0.05, 0) is 24.3 Å². The first-order valence-corrected chi connectivity index (χ1v) is 9.63. The number of carbonyl (C=O) groups is 1. The lowest BCUT2D eigenvalue weighted by Gasteiger charge is -2.08. The van der Waals surface area contributed by atoms with E-state index in [0.29, 0.717) is 22.2 Å². The minimum atomic E-state index is -0.333. The van der Waals surface area contributed by atoms with Crippen LogP contribution >= 0.6 is 11.8 Å². The summed E-state index contributed by atoms with van der Waals surface area (Å²) in [5.41, 5.74) is 1.23. The number of carbonyl (C=O) groups excluding carboxylic acids is 1.